The molecule has 0 aromatic heterocycles. The smallest absolute Gasteiger partial charge is 0.270 e. The van der Waals surface area contributed by atoms with Gasteiger partial charge in [-0.3, -0.25) is 19.7 Å². The Bertz CT molecular complexity index is 1290. The van der Waals surface area contributed by atoms with Crippen molar-refractivity contribution >= 4 is 40.7 Å². The van der Waals surface area contributed by atoms with Crippen molar-refractivity contribution in [2.75, 3.05) is 5.32 Å². The predicted octanol–water partition coefficient (Wildman–Crippen LogP) is 4.74. The highest BCUT2D eigenvalue weighted by Gasteiger charge is 2.33. The number of hydrogen-bond acceptors (Lipinski definition) is 6. The van der Waals surface area contributed by atoms with Gasteiger partial charge < -0.3 is 10.1 Å². The standard InChI is InChI=1S/C23H17ClN4O5/c1-14(29)27-23(33-22(26-27)15-6-5-9-18(13-15)28(31)32)16-7-4-8-17(12-16)25-21(30)19-10-2-3-11-20(19)24/h2-13,23H,1H3,(H,25,30). The third-order valence-electron chi connectivity index (χ3n) is 4.82. The number of hydrogen-bond donors (Lipinski definition) is 1. The lowest BCUT2D eigenvalue weighted by Crippen LogP contribution is -2.25. The molecule has 0 fully saturated rings. The highest BCUT2D eigenvalue weighted by atomic mass is 35.5. The summed E-state index contributed by atoms with van der Waals surface area (Å²) in [5.41, 5.74) is 1.57. The molecular weight excluding hydrogens is 448 g/mol. The molecule has 0 spiro atoms. The normalized spacial score (nSPS) is 14.9. The van der Waals surface area contributed by atoms with E-state index < -0.39 is 11.2 Å². The number of hydrazone groups is 1. The minimum Gasteiger partial charge on any atom is -0.446 e. The van der Waals surface area contributed by atoms with Gasteiger partial charge in [-0.25, -0.2) is 0 Å². The molecule has 166 valence electrons. The predicted molar refractivity (Wildman–Crippen MR) is 122 cm³/mol. The van der Waals surface area contributed by atoms with Crippen LogP contribution in [-0.2, 0) is 9.53 Å². The third kappa shape index (κ3) is 4.68. The Morgan fingerprint density at radius 3 is 2.58 bits per heavy atom. The van der Waals surface area contributed by atoms with Crippen LogP contribution in [0.5, 0.6) is 0 Å². The van der Waals surface area contributed by atoms with E-state index in [0.29, 0.717) is 27.4 Å². The number of carbonyl (C=O) groups is 2. The Kier molecular flexibility index (Phi) is 6.05. The zero-order valence-electron chi connectivity index (χ0n) is 17.3. The minimum atomic E-state index is -0.908. The van der Waals surface area contributed by atoms with Crippen LogP contribution < -0.4 is 5.32 Å². The van der Waals surface area contributed by atoms with Gasteiger partial charge in [0.2, 0.25) is 18.0 Å². The Balaban J connectivity index is 1.59. The lowest BCUT2D eigenvalue weighted by Gasteiger charge is -2.20. The Morgan fingerprint density at radius 1 is 1.09 bits per heavy atom. The molecule has 1 aliphatic heterocycles. The van der Waals surface area contributed by atoms with Gasteiger partial charge in [0.1, 0.15) is 0 Å². The molecule has 10 heteroatoms. The third-order valence-corrected chi connectivity index (χ3v) is 5.15. The highest BCUT2D eigenvalue weighted by molar-refractivity contribution is 6.34. The van der Waals surface area contributed by atoms with E-state index in [2.05, 4.69) is 10.4 Å². The van der Waals surface area contributed by atoms with E-state index in [1.165, 1.54) is 25.1 Å². The van der Waals surface area contributed by atoms with Crippen molar-refractivity contribution in [3.05, 3.63) is 105 Å². The van der Waals surface area contributed by atoms with Crippen LogP contribution in [0.3, 0.4) is 0 Å². The maximum atomic E-state index is 12.6. The Hall–Kier alpha value is -4.24. The quantitative estimate of drug-likeness (QED) is 0.432. The second-order valence-electron chi connectivity index (χ2n) is 7.11. The fourth-order valence-electron chi connectivity index (χ4n) is 3.27. The number of carbonyl (C=O) groups excluding carboxylic acids is 2. The summed E-state index contributed by atoms with van der Waals surface area (Å²) in [7, 11) is 0. The van der Waals surface area contributed by atoms with Crippen molar-refractivity contribution < 1.29 is 19.2 Å². The molecule has 1 heterocycles. The first kappa shape index (κ1) is 22.0. The molecule has 1 unspecified atom stereocenters. The van der Waals surface area contributed by atoms with Crippen LogP contribution in [0.25, 0.3) is 0 Å². The number of rotatable bonds is 5. The second-order valence-corrected chi connectivity index (χ2v) is 7.51. The van der Waals surface area contributed by atoms with Crippen molar-refractivity contribution in [2.45, 2.75) is 13.2 Å². The van der Waals surface area contributed by atoms with Crippen molar-refractivity contribution in [1.29, 1.82) is 0 Å². The topological polar surface area (TPSA) is 114 Å². The molecule has 0 bridgehead atoms. The first-order valence-electron chi connectivity index (χ1n) is 9.79. The summed E-state index contributed by atoms with van der Waals surface area (Å²) < 4.78 is 5.90. The van der Waals surface area contributed by atoms with Crippen molar-refractivity contribution in [3.63, 3.8) is 0 Å². The van der Waals surface area contributed by atoms with Crippen LogP contribution in [-0.4, -0.2) is 27.6 Å². The molecular formula is C23H17ClN4O5. The van der Waals surface area contributed by atoms with Crippen molar-refractivity contribution in [3.8, 4) is 0 Å². The Labute approximate surface area is 193 Å². The van der Waals surface area contributed by atoms with E-state index in [1.54, 1.807) is 54.6 Å². The monoisotopic (exact) mass is 464 g/mol. The van der Waals surface area contributed by atoms with Crippen LogP contribution in [0.2, 0.25) is 5.02 Å². The lowest BCUT2D eigenvalue weighted by molar-refractivity contribution is -0.384. The van der Waals surface area contributed by atoms with E-state index in [1.807, 2.05) is 0 Å². The molecule has 3 aromatic rings. The maximum absolute atomic E-state index is 12.6. The molecule has 0 radical (unpaired) electrons. The van der Waals surface area contributed by atoms with Crippen molar-refractivity contribution in [1.82, 2.24) is 5.01 Å². The van der Waals surface area contributed by atoms with Gasteiger partial charge in [-0.1, -0.05) is 41.9 Å². The van der Waals surface area contributed by atoms with Gasteiger partial charge in [0.25, 0.3) is 11.6 Å². The minimum absolute atomic E-state index is 0.0735. The van der Waals surface area contributed by atoms with Gasteiger partial charge in [-0.05, 0) is 30.3 Å². The molecule has 9 nitrogen and oxygen atoms in total. The van der Waals surface area contributed by atoms with E-state index in [9.17, 15) is 19.7 Å². The molecule has 33 heavy (non-hydrogen) atoms. The number of nitro benzene ring substituents is 1. The van der Waals surface area contributed by atoms with Gasteiger partial charge in [-0.15, -0.1) is 5.10 Å². The summed E-state index contributed by atoms with van der Waals surface area (Å²) in [5.74, 6) is -0.697. The van der Waals surface area contributed by atoms with E-state index in [4.69, 9.17) is 16.3 Å². The molecule has 3 aromatic carbocycles. The zero-order chi connectivity index (χ0) is 23.5. The van der Waals surface area contributed by atoms with Crippen LogP contribution in [0.15, 0.2) is 77.9 Å². The van der Waals surface area contributed by atoms with Crippen molar-refractivity contribution in [2.24, 2.45) is 5.10 Å². The fraction of sp³-hybridized carbons (Fsp3) is 0.0870. The number of nitrogens with zero attached hydrogens (tertiary/aromatic N) is 3. The summed E-state index contributed by atoms with van der Waals surface area (Å²) in [6.07, 6.45) is -0.908. The number of nitrogens with one attached hydrogen (secondary N) is 1. The van der Waals surface area contributed by atoms with Gasteiger partial charge in [0.15, 0.2) is 0 Å². The SMILES string of the molecule is CC(=O)N1N=C(c2cccc([N+](=O)[O-])c2)OC1c1cccc(NC(=O)c2ccccc2Cl)c1. The van der Waals surface area contributed by atoms with Crippen LogP contribution in [0, 0.1) is 10.1 Å². The number of amides is 2. The molecule has 1 aliphatic rings. The number of ether oxygens (including phenoxy) is 1. The van der Waals surface area contributed by atoms with Gasteiger partial charge in [0.05, 0.1) is 15.5 Å². The van der Waals surface area contributed by atoms with Crippen LogP contribution in [0.1, 0.15) is 34.6 Å². The summed E-state index contributed by atoms with van der Waals surface area (Å²) >= 11 is 6.10. The molecule has 4 rings (SSSR count). The van der Waals surface area contributed by atoms with E-state index >= 15 is 0 Å². The van der Waals surface area contributed by atoms with E-state index in [0.717, 1.165) is 5.01 Å². The van der Waals surface area contributed by atoms with Gasteiger partial charge in [0, 0.05) is 35.9 Å². The molecule has 1 N–H and O–H groups in total. The average molecular weight is 465 g/mol. The zero-order valence-corrected chi connectivity index (χ0v) is 18.0. The largest absolute Gasteiger partial charge is 0.446 e. The lowest BCUT2D eigenvalue weighted by atomic mass is 10.1. The summed E-state index contributed by atoms with van der Waals surface area (Å²) in [5, 5.41) is 19.5. The molecule has 1 atom stereocenters. The summed E-state index contributed by atoms with van der Waals surface area (Å²) in [6.45, 7) is 1.33. The first-order chi connectivity index (χ1) is 15.8. The van der Waals surface area contributed by atoms with E-state index in [-0.39, 0.29) is 23.4 Å². The first-order valence-corrected chi connectivity index (χ1v) is 10.2. The van der Waals surface area contributed by atoms with Crippen LogP contribution >= 0.6 is 11.6 Å². The number of halogens is 1. The fourth-order valence-corrected chi connectivity index (χ4v) is 3.49. The average Bonchev–Trinajstić information content (AvgIpc) is 3.26. The number of nitro groups is 1. The molecule has 2 amide bonds. The Morgan fingerprint density at radius 2 is 1.85 bits per heavy atom. The molecule has 0 saturated carbocycles. The van der Waals surface area contributed by atoms with Gasteiger partial charge in [-0.2, -0.15) is 5.01 Å². The summed E-state index contributed by atoms with van der Waals surface area (Å²) in [6, 6.07) is 19.2. The molecule has 0 saturated heterocycles. The van der Waals surface area contributed by atoms with Crippen LogP contribution in [0.4, 0.5) is 11.4 Å². The summed E-state index contributed by atoms with van der Waals surface area (Å²) in [4.78, 5) is 35.4. The second kappa shape index (κ2) is 9.09. The van der Waals surface area contributed by atoms with Gasteiger partial charge >= 0.3 is 0 Å². The maximum Gasteiger partial charge on any atom is 0.270 e. The molecule has 0 aliphatic carbocycles. The number of non-ortho nitro benzene ring substituents is 1. The number of benzene rings is 3. The highest BCUT2D eigenvalue weighted by Crippen LogP contribution is 2.32. The number of anilines is 1.